The van der Waals surface area contributed by atoms with Gasteiger partial charge in [0.2, 0.25) is 5.91 Å². The second-order valence-electron chi connectivity index (χ2n) is 4.08. The van der Waals surface area contributed by atoms with Gasteiger partial charge in [0.25, 0.3) is 0 Å². The quantitative estimate of drug-likeness (QED) is 0.661. The average molecular weight is 200 g/mol. The molecule has 14 heavy (non-hydrogen) atoms. The highest BCUT2D eigenvalue weighted by molar-refractivity contribution is 5.77. The van der Waals surface area contributed by atoms with Crippen LogP contribution in [0.15, 0.2) is 0 Å². The molecule has 0 radical (unpaired) electrons. The summed E-state index contributed by atoms with van der Waals surface area (Å²) in [6.07, 6.45) is 3.73. The van der Waals surface area contributed by atoms with Gasteiger partial charge in [-0.15, -0.1) is 0 Å². The Bertz CT molecular complexity index is 191. The first-order valence-electron chi connectivity index (χ1n) is 5.31. The van der Waals surface area contributed by atoms with Crippen LogP contribution in [0.5, 0.6) is 0 Å². The van der Waals surface area contributed by atoms with Gasteiger partial charge in [-0.2, -0.15) is 0 Å². The predicted molar refractivity (Wildman–Crippen MR) is 54.7 cm³/mol. The minimum absolute atomic E-state index is 0.0428. The number of carbonyl (C=O) groups is 1. The van der Waals surface area contributed by atoms with E-state index in [1.165, 1.54) is 6.42 Å². The van der Waals surface area contributed by atoms with Crippen molar-refractivity contribution in [2.24, 2.45) is 5.73 Å². The fourth-order valence-electron chi connectivity index (χ4n) is 1.71. The number of hydrogen-bond acceptors (Lipinski definition) is 3. The van der Waals surface area contributed by atoms with E-state index in [4.69, 9.17) is 10.8 Å². The van der Waals surface area contributed by atoms with Gasteiger partial charge in [0.05, 0.1) is 6.61 Å². The van der Waals surface area contributed by atoms with Gasteiger partial charge in [0.1, 0.15) is 0 Å². The normalized spacial score (nSPS) is 18.8. The minimum atomic E-state index is -0.0937. The second kappa shape index (κ2) is 5.32. The minimum Gasteiger partial charge on any atom is -0.395 e. The summed E-state index contributed by atoms with van der Waals surface area (Å²) in [5, 5.41) is 8.86. The molecule has 1 aliphatic rings. The maximum absolute atomic E-state index is 11.7. The molecule has 0 aromatic rings. The van der Waals surface area contributed by atoms with E-state index in [0.29, 0.717) is 19.0 Å². The van der Waals surface area contributed by atoms with Gasteiger partial charge < -0.3 is 15.7 Å². The van der Waals surface area contributed by atoms with E-state index in [-0.39, 0.29) is 18.6 Å². The Kier molecular flexibility index (Phi) is 4.35. The monoisotopic (exact) mass is 200 g/mol. The van der Waals surface area contributed by atoms with Crippen LogP contribution in [0.3, 0.4) is 0 Å². The molecule has 0 bridgehead atoms. The van der Waals surface area contributed by atoms with E-state index >= 15 is 0 Å². The number of carbonyl (C=O) groups excluding carboxylic acids is 1. The van der Waals surface area contributed by atoms with Crippen molar-refractivity contribution in [3.63, 3.8) is 0 Å². The van der Waals surface area contributed by atoms with Gasteiger partial charge in [-0.25, -0.2) is 0 Å². The van der Waals surface area contributed by atoms with Crippen LogP contribution in [0.25, 0.3) is 0 Å². The first-order chi connectivity index (χ1) is 6.65. The molecule has 1 fully saturated rings. The standard InChI is InChI=1S/C10H20N2O2/c1-8(11)7-10(14)12(5-6-13)9-3-2-4-9/h8-9,13H,2-7,11H2,1H3. The van der Waals surface area contributed by atoms with Gasteiger partial charge in [0, 0.05) is 25.0 Å². The van der Waals surface area contributed by atoms with Crippen LogP contribution in [0.1, 0.15) is 32.6 Å². The fourth-order valence-corrected chi connectivity index (χ4v) is 1.71. The lowest BCUT2D eigenvalue weighted by Gasteiger charge is -2.37. The molecular formula is C10H20N2O2. The van der Waals surface area contributed by atoms with E-state index in [2.05, 4.69) is 0 Å². The van der Waals surface area contributed by atoms with E-state index in [0.717, 1.165) is 12.8 Å². The van der Waals surface area contributed by atoms with Crippen LogP contribution < -0.4 is 5.73 Å². The summed E-state index contributed by atoms with van der Waals surface area (Å²) in [4.78, 5) is 13.5. The molecule has 82 valence electrons. The lowest BCUT2D eigenvalue weighted by molar-refractivity contribution is -0.136. The Morgan fingerprint density at radius 3 is 2.64 bits per heavy atom. The van der Waals surface area contributed by atoms with Crippen LogP contribution in [0.4, 0.5) is 0 Å². The van der Waals surface area contributed by atoms with Gasteiger partial charge in [-0.05, 0) is 26.2 Å². The molecular weight excluding hydrogens is 180 g/mol. The lowest BCUT2D eigenvalue weighted by atomic mass is 9.91. The van der Waals surface area contributed by atoms with Gasteiger partial charge >= 0.3 is 0 Å². The fraction of sp³-hybridized carbons (Fsp3) is 0.900. The average Bonchev–Trinajstić information content (AvgIpc) is 1.98. The van der Waals surface area contributed by atoms with Crippen molar-refractivity contribution >= 4 is 5.91 Å². The van der Waals surface area contributed by atoms with Crippen LogP contribution in [-0.4, -0.2) is 41.1 Å². The summed E-state index contributed by atoms with van der Waals surface area (Å²) < 4.78 is 0. The molecule has 3 N–H and O–H groups in total. The highest BCUT2D eigenvalue weighted by Crippen LogP contribution is 2.25. The summed E-state index contributed by atoms with van der Waals surface area (Å²) in [5.41, 5.74) is 5.58. The van der Waals surface area contributed by atoms with Crippen LogP contribution in [-0.2, 0) is 4.79 Å². The van der Waals surface area contributed by atoms with Crippen molar-refractivity contribution in [2.45, 2.75) is 44.7 Å². The van der Waals surface area contributed by atoms with Gasteiger partial charge in [-0.1, -0.05) is 0 Å². The number of hydrogen-bond donors (Lipinski definition) is 2. The van der Waals surface area contributed by atoms with Crippen LogP contribution >= 0.6 is 0 Å². The molecule has 0 aromatic heterocycles. The number of amides is 1. The summed E-state index contributed by atoms with van der Waals surface area (Å²) in [6, 6.07) is 0.261. The van der Waals surface area contributed by atoms with Crippen molar-refractivity contribution in [1.82, 2.24) is 4.90 Å². The Morgan fingerprint density at radius 2 is 2.29 bits per heavy atom. The van der Waals surface area contributed by atoms with Crippen molar-refractivity contribution in [1.29, 1.82) is 0 Å². The molecule has 0 aromatic carbocycles. The molecule has 0 heterocycles. The Hall–Kier alpha value is -0.610. The summed E-state index contributed by atoms with van der Waals surface area (Å²) in [6.45, 7) is 2.33. The van der Waals surface area contributed by atoms with Crippen molar-refractivity contribution < 1.29 is 9.90 Å². The highest BCUT2D eigenvalue weighted by Gasteiger charge is 2.28. The zero-order valence-corrected chi connectivity index (χ0v) is 8.78. The van der Waals surface area contributed by atoms with Gasteiger partial charge in [0.15, 0.2) is 0 Å². The summed E-state index contributed by atoms with van der Waals surface area (Å²) in [5.74, 6) is 0.0822. The number of nitrogens with two attached hydrogens (primary N) is 1. The molecule has 1 amide bonds. The molecule has 1 aliphatic carbocycles. The largest absolute Gasteiger partial charge is 0.395 e. The Balaban J connectivity index is 2.43. The predicted octanol–water partition coefficient (Wildman–Crippen LogP) is 0.0971. The topological polar surface area (TPSA) is 66.6 Å². The number of aliphatic hydroxyl groups is 1. The second-order valence-corrected chi connectivity index (χ2v) is 4.08. The van der Waals surface area contributed by atoms with E-state index in [1.807, 2.05) is 6.92 Å². The van der Waals surface area contributed by atoms with E-state index < -0.39 is 0 Å². The number of rotatable bonds is 5. The summed E-state index contributed by atoms with van der Waals surface area (Å²) in [7, 11) is 0. The van der Waals surface area contributed by atoms with Crippen LogP contribution in [0.2, 0.25) is 0 Å². The number of aliphatic hydroxyl groups excluding tert-OH is 1. The molecule has 0 spiro atoms. The SMILES string of the molecule is CC(N)CC(=O)N(CCO)C1CCC1. The van der Waals surface area contributed by atoms with Crippen molar-refractivity contribution in [2.75, 3.05) is 13.2 Å². The molecule has 4 heteroatoms. The smallest absolute Gasteiger partial charge is 0.224 e. The molecule has 1 atom stereocenters. The van der Waals surface area contributed by atoms with Crippen molar-refractivity contribution in [3.05, 3.63) is 0 Å². The third kappa shape index (κ3) is 2.96. The molecule has 0 aliphatic heterocycles. The highest BCUT2D eigenvalue weighted by atomic mass is 16.3. The Labute approximate surface area is 85.1 Å². The maximum Gasteiger partial charge on any atom is 0.224 e. The zero-order chi connectivity index (χ0) is 10.6. The first-order valence-corrected chi connectivity index (χ1v) is 5.31. The maximum atomic E-state index is 11.7. The zero-order valence-electron chi connectivity index (χ0n) is 8.78. The molecule has 1 saturated carbocycles. The Morgan fingerprint density at radius 1 is 1.64 bits per heavy atom. The van der Waals surface area contributed by atoms with E-state index in [1.54, 1.807) is 4.90 Å². The summed E-state index contributed by atoms with van der Waals surface area (Å²) >= 11 is 0. The van der Waals surface area contributed by atoms with Crippen LogP contribution in [0, 0.1) is 0 Å². The molecule has 4 nitrogen and oxygen atoms in total. The van der Waals surface area contributed by atoms with E-state index in [9.17, 15) is 4.79 Å². The lowest BCUT2D eigenvalue weighted by Crippen LogP contribution is -2.46. The molecule has 0 saturated heterocycles. The third-order valence-corrected chi connectivity index (χ3v) is 2.67. The third-order valence-electron chi connectivity index (χ3n) is 2.67. The first kappa shape index (κ1) is 11.5. The molecule has 1 unspecified atom stereocenters. The molecule has 1 rings (SSSR count). The van der Waals surface area contributed by atoms with Gasteiger partial charge in [-0.3, -0.25) is 4.79 Å². The number of nitrogens with zero attached hydrogens (tertiary/aromatic N) is 1. The van der Waals surface area contributed by atoms with Crippen molar-refractivity contribution in [3.8, 4) is 0 Å².